The largest absolute Gasteiger partial charge is 0.467 e. The van der Waals surface area contributed by atoms with Crippen molar-refractivity contribution in [3.05, 3.63) is 58.5 Å². The highest BCUT2D eigenvalue weighted by atomic mass is 16.6. The van der Waals surface area contributed by atoms with Crippen molar-refractivity contribution < 1.29 is 19.2 Å². The molecule has 1 aromatic carbocycles. The van der Waals surface area contributed by atoms with Crippen LogP contribution in [0.2, 0.25) is 0 Å². The highest BCUT2D eigenvalue weighted by Crippen LogP contribution is 2.19. The number of hydrogen-bond acceptors (Lipinski definition) is 5. The van der Waals surface area contributed by atoms with Crippen LogP contribution >= 0.6 is 0 Å². The third kappa shape index (κ3) is 4.82. The van der Waals surface area contributed by atoms with Gasteiger partial charge >= 0.3 is 6.03 Å². The zero-order chi connectivity index (χ0) is 16.8. The Hall–Kier alpha value is -2.87. The first-order chi connectivity index (χ1) is 11.0. The maximum Gasteiger partial charge on any atom is 0.319 e. The smallest absolute Gasteiger partial charge is 0.319 e. The molecule has 0 bridgehead atoms. The standard InChI is InChI=1S/C15H17N3O5/c1-10(8-13(19)14-6-3-7-23-14)16-15(20)17-11-4-2-5-12(9-11)18(21)22/h2-7,9-10,13,19H,8H2,1H3,(H2,16,17,20). The monoisotopic (exact) mass is 319 g/mol. The number of nitro groups is 1. The molecule has 2 aromatic rings. The van der Waals surface area contributed by atoms with Gasteiger partial charge in [0.15, 0.2) is 0 Å². The average molecular weight is 319 g/mol. The van der Waals surface area contributed by atoms with Gasteiger partial charge in [-0.2, -0.15) is 0 Å². The van der Waals surface area contributed by atoms with Crippen molar-refractivity contribution in [3.8, 4) is 0 Å². The highest BCUT2D eigenvalue weighted by molar-refractivity contribution is 5.89. The molecule has 23 heavy (non-hydrogen) atoms. The van der Waals surface area contributed by atoms with E-state index >= 15 is 0 Å². The van der Waals surface area contributed by atoms with E-state index in [9.17, 15) is 20.0 Å². The summed E-state index contributed by atoms with van der Waals surface area (Å²) in [6, 6.07) is 8.13. The molecule has 3 N–H and O–H groups in total. The Morgan fingerprint density at radius 2 is 2.17 bits per heavy atom. The van der Waals surface area contributed by atoms with Gasteiger partial charge in [-0.1, -0.05) is 6.07 Å². The van der Waals surface area contributed by atoms with E-state index < -0.39 is 17.1 Å². The predicted octanol–water partition coefficient (Wildman–Crippen LogP) is 2.82. The number of amides is 2. The highest BCUT2D eigenvalue weighted by Gasteiger charge is 2.16. The summed E-state index contributed by atoms with van der Waals surface area (Å²) in [6.45, 7) is 1.74. The number of nitro benzene ring substituents is 1. The lowest BCUT2D eigenvalue weighted by Gasteiger charge is -2.17. The summed E-state index contributed by atoms with van der Waals surface area (Å²) in [5.41, 5.74) is 0.208. The number of carbonyl (C=O) groups excluding carboxylic acids is 1. The summed E-state index contributed by atoms with van der Waals surface area (Å²) in [5.74, 6) is 0.428. The van der Waals surface area contributed by atoms with E-state index in [1.54, 1.807) is 25.1 Å². The Balaban J connectivity index is 1.86. The van der Waals surface area contributed by atoms with Crippen LogP contribution in [0.15, 0.2) is 47.1 Å². The lowest BCUT2D eigenvalue weighted by molar-refractivity contribution is -0.384. The third-order valence-electron chi connectivity index (χ3n) is 3.14. The van der Waals surface area contributed by atoms with Gasteiger partial charge in [0.2, 0.25) is 0 Å². The molecule has 0 aliphatic rings. The van der Waals surface area contributed by atoms with Gasteiger partial charge in [0.1, 0.15) is 11.9 Å². The molecule has 1 aromatic heterocycles. The number of anilines is 1. The second-order valence-electron chi connectivity index (χ2n) is 5.07. The van der Waals surface area contributed by atoms with Crippen molar-refractivity contribution in [2.24, 2.45) is 0 Å². The molecule has 8 nitrogen and oxygen atoms in total. The Morgan fingerprint density at radius 1 is 1.39 bits per heavy atom. The first-order valence-corrected chi connectivity index (χ1v) is 6.99. The maximum absolute atomic E-state index is 11.9. The molecule has 0 aliphatic carbocycles. The summed E-state index contributed by atoms with van der Waals surface area (Å²) in [7, 11) is 0. The fourth-order valence-corrected chi connectivity index (χ4v) is 2.08. The lowest BCUT2D eigenvalue weighted by Crippen LogP contribution is -2.37. The van der Waals surface area contributed by atoms with E-state index in [1.165, 1.54) is 24.5 Å². The Kier molecular flexibility index (Phi) is 5.32. The number of nitrogens with zero attached hydrogens (tertiary/aromatic N) is 1. The Morgan fingerprint density at radius 3 is 2.83 bits per heavy atom. The first kappa shape index (κ1) is 16.5. The molecule has 2 unspecified atom stereocenters. The topological polar surface area (TPSA) is 118 Å². The van der Waals surface area contributed by atoms with Gasteiger partial charge in [-0.3, -0.25) is 10.1 Å². The van der Waals surface area contributed by atoms with Crippen molar-refractivity contribution in [1.29, 1.82) is 0 Å². The number of carbonyl (C=O) groups is 1. The normalized spacial score (nSPS) is 13.1. The van der Waals surface area contributed by atoms with Crippen molar-refractivity contribution >= 4 is 17.4 Å². The van der Waals surface area contributed by atoms with E-state index in [1.807, 2.05) is 0 Å². The van der Waals surface area contributed by atoms with Gasteiger partial charge in [-0.15, -0.1) is 0 Å². The predicted molar refractivity (Wildman–Crippen MR) is 83.0 cm³/mol. The van der Waals surface area contributed by atoms with Crippen LogP contribution in [0.5, 0.6) is 0 Å². The summed E-state index contributed by atoms with van der Waals surface area (Å²) in [4.78, 5) is 22.0. The first-order valence-electron chi connectivity index (χ1n) is 6.99. The molecule has 0 saturated heterocycles. The zero-order valence-corrected chi connectivity index (χ0v) is 12.4. The fraction of sp³-hybridized carbons (Fsp3) is 0.267. The Bertz CT molecular complexity index is 672. The number of hydrogen-bond donors (Lipinski definition) is 3. The summed E-state index contributed by atoms with van der Waals surface area (Å²) >= 11 is 0. The van der Waals surface area contributed by atoms with Gasteiger partial charge in [-0.25, -0.2) is 4.79 Å². The van der Waals surface area contributed by atoms with Crippen molar-refractivity contribution in [2.45, 2.75) is 25.5 Å². The van der Waals surface area contributed by atoms with E-state index in [0.29, 0.717) is 11.4 Å². The minimum Gasteiger partial charge on any atom is -0.467 e. The molecular formula is C15H17N3O5. The maximum atomic E-state index is 11.9. The molecule has 0 fully saturated rings. The number of nitrogens with one attached hydrogen (secondary N) is 2. The molecule has 0 radical (unpaired) electrons. The molecule has 0 aliphatic heterocycles. The number of urea groups is 1. The third-order valence-corrected chi connectivity index (χ3v) is 3.14. The number of furan rings is 1. The molecule has 1 heterocycles. The number of benzene rings is 1. The van der Waals surface area contributed by atoms with Crippen LogP contribution in [-0.2, 0) is 0 Å². The second kappa shape index (κ2) is 7.41. The second-order valence-corrected chi connectivity index (χ2v) is 5.07. The molecule has 0 spiro atoms. The van der Waals surface area contributed by atoms with E-state index in [4.69, 9.17) is 4.42 Å². The van der Waals surface area contributed by atoms with Crippen LogP contribution in [0.25, 0.3) is 0 Å². The molecular weight excluding hydrogens is 302 g/mol. The van der Waals surface area contributed by atoms with Crippen molar-refractivity contribution in [2.75, 3.05) is 5.32 Å². The number of aliphatic hydroxyl groups is 1. The minimum atomic E-state index is -0.821. The van der Waals surface area contributed by atoms with Crippen LogP contribution in [0, 0.1) is 10.1 Å². The number of non-ortho nitro benzene ring substituents is 1. The van der Waals surface area contributed by atoms with Gasteiger partial charge < -0.3 is 20.2 Å². The molecule has 2 amide bonds. The van der Waals surface area contributed by atoms with Crippen LogP contribution in [0.4, 0.5) is 16.2 Å². The lowest BCUT2D eigenvalue weighted by atomic mass is 10.1. The molecule has 122 valence electrons. The number of rotatable bonds is 6. The van der Waals surface area contributed by atoms with Crippen molar-refractivity contribution in [1.82, 2.24) is 5.32 Å². The molecule has 8 heteroatoms. The van der Waals surface area contributed by atoms with E-state index in [-0.39, 0.29) is 18.2 Å². The van der Waals surface area contributed by atoms with Gasteiger partial charge in [0.25, 0.3) is 5.69 Å². The van der Waals surface area contributed by atoms with Crippen LogP contribution in [-0.4, -0.2) is 22.1 Å². The minimum absolute atomic E-state index is 0.107. The molecule has 2 atom stereocenters. The van der Waals surface area contributed by atoms with Crippen molar-refractivity contribution in [3.63, 3.8) is 0 Å². The van der Waals surface area contributed by atoms with Crippen LogP contribution in [0.3, 0.4) is 0 Å². The fourth-order valence-electron chi connectivity index (χ4n) is 2.08. The summed E-state index contributed by atoms with van der Waals surface area (Å²) < 4.78 is 5.09. The summed E-state index contributed by atoms with van der Waals surface area (Å²) in [6.07, 6.45) is 0.916. The Labute approximate surface area is 132 Å². The zero-order valence-electron chi connectivity index (χ0n) is 12.4. The quantitative estimate of drug-likeness (QED) is 0.559. The van der Waals surface area contributed by atoms with Crippen LogP contribution in [0.1, 0.15) is 25.2 Å². The SMILES string of the molecule is CC(CC(O)c1ccco1)NC(=O)Nc1cccc([N+](=O)[O-])c1. The molecule has 0 saturated carbocycles. The average Bonchev–Trinajstić information content (AvgIpc) is 3.01. The van der Waals surface area contributed by atoms with Gasteiger partial charge in [0, 0.05) is 30.3 Å². The number of aliphatic hydroxyl groups excluding tert-OH is 1. The van der Waals surface area contributed by atoms with Crippen LogP contribution < -0.4 is 10.6 Å². The van der Waals surface area contributed by atoms with E-state index in [2.05, 4.69) is 10.6 Å². The van der Waals surface area contributed by atoms with E-state index in [0.717, 1.165) is 0 Å². The van der Waals surface area contributed by atoms with Gasteiger partial charge in [-0.05, 0) is 25.1 Å². The van der Waals surface area contributed by atoms with Gasteiger partial charge in [0.05, 0.1) is 11.2 Å². The molecule has 2 rings (SSSR count). The summed E-state index contributed by atoms with van der Waals surface area (Å²) in [5, 5.41) is 25.8.